The van der Waals surface area contributed by atoms with E-state index >= 15 is 0 Å². The molecule has 0 unspecified atom stereocenters. The molecule has 18 rings (SSSR count). The summed E-state index contributed by atoms with van der Waals surface area (Å²) in [6.45, 7) is 12.1. The van der Waals surface area contributed by atoms with Gasteiger partial charge in [-0.05, 0) is 261 Å². The van der Waals surface area contributed by atoms with Crippen molar-refractivity contribution < 1.29 is 96.9 Å². The van der Waals surface area contributed by atoms with Crippen LogP contribution < -0.4 is 71.9 Å². The maximum Gasteiger partial charge on any atom is 0.335 e. The van der Waals surface area contributed by atoms with Gasteiger partial charge >= 0.3 is 29.8 Å². The minimum atomic E-state index is -0.961. The molecule has 756 valence electrons. The van der Waals surface area contributed by atoms with E-state index in [1.807, 2.05) is 128 Å². The van der Waals surface area contributed by atoms with Crippen LogP contribution in [0.2, 0.25) is 0 Å². The number of methoxy groups -OCH3 is 4. The summed E-state index contributed by atoms with van der Waals surface area (Å²) in [6, 6.07) is 62.6. The Labute approximate surface area is 850 Å². The van der Waals surface area contributed by atoms with Gasteiger partial charge in [-0.25, -0.2) is 73.8 Å². The Hall–Kier alpha value is -18.1. The van der Waals surface area contributed by atoms with Crippen molar-refractivity contribution in [3.05, 3.63) is 362 Å². The van der Waals surface area contributed by atoms with E-state index in [0.717, 1.165) is 110 Å². The second kappa shape index (κ2) is 52.1. The van der Waals surface area contributed by atoms with Crippen LogP contribution in [0.3, 0.4) is 0 Å². The SMILES string of the molecule is CCOc1ccc(N(Cc2cncnc2)c2ccc(C(=O)O)cc2)cc1OCC.COc1ccc(N(Cc2cncnc2)c2ccc(C(=O)O)cc2)cc1OC(C)C.COc1ccc(N(Cc2cncnc2)c2ccc(C(=O)O)cc2)cc1OC1CC1.COc1ccc(N(Cc2cncnc2)c2ccc(C(=O)O)cc2)cc1OC1CCC1.COc1ccc(N(Cc2cncnc2)c2ccc(C(=O)O)cc2)cc1OCC1CC1. The zero-order valence-corrected chi connectivity index (χ0v) is 82.4. The average Bonchev–Trinajstić information content (AvgIpc) is 1.80. The van der Waals surface area contributed by atoms with Gasteiger partial charge in [0.15, 0.2) is 57.5 Å². The summed E-state index contributed by atoms with van der Waals surface area (Å²) in [6.07, 6.45) is 33.3. The lowest BCUT2D eigenvalue weighted by atomic mass is 9.96. The van der Waals surface area contributed by atoms with Gasteiger partial charge in [0.1, 0.15) is 31.6 Å². The molecule has 0 radical (unpaired) electrons. The molecular weight excluding hydrogens is 1880 g/mol. The summed E-state index contributed by atoms with van der Waals surface area (Å²) in [5.74, 6) is 2.62. The van der Waals surface area contributed by atoms with Gasteiger partial charge in [0.25, 0.3) is 0 Å². The number of aromatic carboxylic acids is 5. The third kappa shape index (κ3) is 30.0. The smallest absolute Gasteiger partial charge is 0.335 e. The number of hydrogen-bond donors (Lipinski definition) is 5. The zero-order valence-electron chi connectivity index (χ0n) is 82.4. The Balaban J connectivity index is 0.000000145. The number of carboxylic acids is 5. The van der Waals surface area contributed by atoms with Crippen LogP contribution in [-0.2, 0) is 32.7 Å². The maximum atomic E-state index is 11.2. The molecule has 147 heavy (non-hydrogen) atoms. The molecule has 0 amide bonds. The number of ether oxygens (including phenoxy) is 10. The number of nitrogens with zero attached hydrogens (tertiary/aromatic N) is 15. The number of carboxylic acid groups (broad SMARTS) is 5. The predicted molar refractivity (Wildman–Crippen MR) is 553 cm³/mol. The quantitative estimate of drug-likeness (QED) is 0.0237. The van der Waals surface area contributed by atoms with Crippen LogP contribution in [0, 0.1) is 5.92 Å². The van der Waals surface area contributed by atoms with Crippen LogP contribution >= 0.6 is 0 Å². The van der Waals surface area contributed by atoms with Crippen molar-refractivity contribution in [2.75, 3.05) is 72.8 Å². The third-order valence-corrected chi connectivity index (χ3v) is 23.3. The molecule has 3 fully saturated rings. The first kappa shape index (κ1) is 105. The van der Waals surface area contributed by atoms with Gasteiger partial charge in [-0.15, -0.1) is 0 Å². The molecule has 5 heterocycles. The molecule has 3 saturated carbocycles. The number of carbonyl (C=O) groups is 5. The highest BCUT2D eigenvalue weighted by Gasteiger charge is 2.29. The predicted octanol–water partition coefficient (Wildman–Crippen LogP) is 21.4. The van der Waals surface area contributed by atoms with Crippen LogP contribution in [0.25, 0.3) is 0 Å². The average molecular weight is 1990 g/mol. The Morgan fingerprint density at radius 2 is 0.503 bits per heavy atom. The van der Waals surface area contributed by atoms with Crippen molar-refractivity contribution in [1.82, 2.24) is 49.8 Å². The Morgan fingerprint density at radius 1 is 0.279 bits per heavy atom. The number of aromatic nitrogens is 10. The molecule has 5 aromatic heterocycles. The molecule has 0 aliphatic heterocycles. The number of anilines is 10. The standard InChI is InChI=1S/2C23H23N3O4.C22H21N3O4.2C22H23N3O4/c1-29-21-9-8-20(10-22(21)30-14-16-2-3-16)26(13-17-11-24-15-25-12-17)19-6-4-18(5-7-19)23(27)28;1-29-21-10-9-19(11-22(21)30-20-3-2-4-20)26(14-16-12-24-15-25-13-16)18-7-5-17(6-8-18)23(27)28;1-28-20-9-6-18(10-21(20)29-19-7-8-19)25(13-15-11-23-14-24-12-15)17-4-2-16(3-5-17)22(26)27;1-15(2)29-21-10-19(8-9-20(21)28-3)25(13-16-11-23-14-24-12-16)18-6-4-17(5-7-18)22(26)27;1-3-28-20-10-9-19(11-21(20)29-4-2)25(14-16-12-23-15-24-13-16)18-7-5-17(6-8-18)22(26)27/h4-12,15-16H,2-3,13-14H2,1H3,(H,27,28);5-13,15,20H,2-4,14H2,1H3,(H,27,28);2-6,9-12,14,19H,7-8,13H2,1H3,(H,26,27);4-12,14-15H,13H2,1-3H3,(H,26,27);5-13,15H,3-4,14H2,1-2H3,(H,26,27). The van der Waals surface area contributed by atoms with Crippen molar-refractivity contribution in [2.45, 2.75) is 124 Å². The van der Waals surface area contributed by atoms with Crippen LogP contribution in [-0.4, -0.2) is 172 Å². The van der Waals surface area contributed by atoms with E-state index in [9.17, 15) is 49.5 Å². The Morgan fingerprint density at radius 3 is 0.735 bits per heavy atom. The lowest BCUT2D eigenvalue weighted by Crippen LogP contribution is -2.25. The van der Waals surface area contributed by atoms with Gasteiger partial charge in [0.05, 0.1) is 127 Å². The van der Waals surface area contributed by atoms with E-state index in [0.29, 0.717) is 116 Å². The zero-order chi connectivity index (χ0) is 104. The molecule has 3 aliphatic carbocycles. The van der Waals surface area contributed by atoms with Crippen molar-refractivity contribution in [2.24, 2.45) is 5.92 Å². The van der Waals surface area contributed by atoms with E-state index in [4.69, 9.17) is 47.4 Å². The summed E-state index contributed by atoms with van der Waals surface area (Å²) in [4.78, 5) is 107. The Kier molecular flexibility index (Phi) is 37.1. The van der Waals surface area contributed by atoms with Gasteiger partial charge in [-0.2, -0.15) is 0 Å². The summed E-state index contributed by atoms with van der Waals surface area (Å²) in [5, 5.41) is 46.0. The summed E-state index contributed by atoms with van der Waals surface area (Å²) in [5.41, 5.74) is 14.5. The van der Waals surface area contributed by atoms with Gasteiger partial charge in [0.2, 0.25) is 0 Å². The van der Waals surface area contributed by atoms with Crippen molar-refractivity contribution in [3.63, 3.8) is 0 Å². The van der Waals surface area contributed by atoms with Gasteiger partial charge in [-0.1, -0.05) is 0 Å². The molecule has 15 aromatic rings. The largest absolute Gasteiger partial charge is 0.493 e. The number of rotatable bonds is 42. The van der Waals surface area contributed by atoms with Crippen molar-refractivity contribution in [1.29, 1.82) is 0 Å². The fourth-order valence-corrected chi connectivity index (χ4v) is 15.3. The fraction of sp³-hybridized carbons (Fsp3) is 0.241. The first-order valence-corrected chi connectivity index (χ1v) is 47.5. The monoisotopic (exact) mass is 1990 g/mol. The topological polar surface area (TPSA) is 424 Å². The second-order valence-corrected chi connectivity index (χ2v) is 34.2. The van der Waals surface area contributed by atoms with Gasteiger partial charge in [-0.3, -0.25) is 0 Å². The summed E-state index contributed by atoms with van der Waals surface area (Å²) < 4.78 is 57.3. The highest BCUT2D eigenvalue weighted by molar-refractivity contribution is 5.91. The number of benzene rings is 10. The molecule has 35 heteroatoms. The van der Waals surface area contributed by atoms with Crippen LogP contribution in [0.1, 0.15) is 152 Å². The minimum absolute atomic E-state index is 0.00928. The molecule has 0 saturated heterocycles. The van der Waals surface area contributed by atoms with Crippen LogP contribution in [0.5, 0.6) is 57.5 Å². The molecular formula is C112H113N15O20. The second-order valence-electron chi connectivity index (χ2n) is 34.2. The molecule has 0 spiro atoms. The Bertz CT molecular complexity index is 6640. The normalized spacial score (nSPS) is 12.1. The highest BCUT2D eigenvalue weighted by atomic mass is 16.5. The van der Waals surface area contributed by atoms with Gasteiger partial charge < -0.3 is 97.4 Å². The van der Waals surface area contributed by atoms with E-state index in [1.54, 1.807) is 212 Å². The minimum Gasteiger partial charge on any atom is -0.493 e. The van der Waals surface area contributed by atoms with Crippen LogP contribution in [0.4, 0.5) is 56.9 Å². The third-order valence-electron chi connectivity index (χ3n) is 23.3. The first-order chi connectivity index (χ1) is 71.5. The van der Waals surface area contributed by atoms with Crippen LogP contribution in [0.15, 0.2) is 306 Å². The molecule has 0 bridgehead atoms. The molecule has 35 nitrogen and oxygen atoms in total. The van der Waals surface area contributed by atoms with Gasteiger partial charge in [0, 0.05) is 177 Å². The van der Waals surface area contributed by atoms with Crippen molar-refractivity contribution in [3.8, 4) is 57.5 Å². The highest BCUT2D eigenvalue weighted by Crippen LogP contribution is 2.45. The molecule has 5 N–H and O–H groups in total. The van der Waals surface area contributed by atoms with E-state index < -0.39 is 29.8 Å². The maximum absolute atomic E-state index is 11.2. The van der Waals surface area contributed by atoms with E-state index in [-0.39, 0.29) is 46.1 Å². The lowest BCUT2D eigenvalue weighted by molar-refractivity contribution is 0.0686. The lowest BCUT2D eigenvalue weighted by Gasteiger charge is -2.29. The van der Waals surface area contributed by atoms with E-state index in [2.05, 4.69) is 64.5 Å². The van der Waals surface area contributed by atoms with Crippen molar-refractivity contribution >= 4 is 86.7 Å². The molecule has 3 aliphatic rings. The molecule has 10 aromatic carbocycles. The molecule has 0 atom stereocenters. The fourth-order valence-electron chi connectivity index (χ4n) is 15.3. The van der Waals surface area contributed by atoms with E-state index in [1.165, 1.54) is 50.9 Å². The summed E-state index contributed by atoms with van der Waals surface area (Å²) in [7, 11) is 6.49. The summed E-state index contributed by atoms with van der Waals surface area (Å²) >= 11 is 0. The number of hydrogen-bond acceptors (Lipinski definition) is 30. The first-order valence-electron chi connectivity index (χ1n) is 47.5.